The molecule has 1 aromatic heterocycles. The van der Waals surface area contributed by atoms with E-state index in [1.54, 1.807) is 11.0 Å². The van der Waals surface area contributed by atoms with Crippen LogP contribution in [0.5, 0.6) is 0 Å². The van der Waals surface area contributed by atoms with Gasteiger partial charge in [0.15, 0.2) is 0 Å². The molecule has 0 aliphatic carbocycles. The Morgan fingerprint density at radius 3 is 2.48 bits per heavy atom. The van der Waals surface area contributed by atoms with Crippen LogP contribution in [-0.4, -0.2) is 42.9 Å². The first-order valence-corrected chi connectivity index (χ1v) is 11.3. The van der Waals surface area contributed by atoms with E-state index < -0.39 is 6.04 Å². The number of thiophene rings is 1. The van der Waals surface area contributed by atoms with Gasteiger partial charge in [0.1, 0.15) is 6.04 Å². The second-order valence-electron chi connectivity index (χ2n) is 8.04. The Morgan fingerprint density at radius 1 is 1.10 bits per heavy atom. The van der Waals surface area contributed by atoms with Gasteiger partial charge in [0.25, 0.3) is 5.91 Å². The number of hydrogen-bond donors (Lipinski definition) is 1. The van der Waals surface area contributed by atoms with Crippen LogP contribution in [0.3, 0.4) is 0 Å². The smallest absolute Gasteiger partial charge is 0.262 e. The highest BCUT2D eigenvalue weighted by Gasteiger charge is 2.28. The molecule has 1 fully saturated rings. The third-order valence-corrected chi connectivity index (χ3v) is 6.31. The number of rotatable bonds is 7. The lowest BCUT2D eigenvalue weighted by Gasteiger charge is -2.32. The number of nitrogens with zero attached hydrogens (tertiary/aromatic N) is 2. The first-order valence-electron chi connectivity index (χ1n) is 10.4. The van der Waals surface area contributed by atoms with E-state index in [1.165, 1.54) is 36.3 Å². The van der Waals surface area contributed by atoms with E-state index in [2.05, 4.69) is 28.4 Å². The average Bonchev–Trinajstić information content (AvgIpc) is 3.27. The van der Waals surface area contributed by atoms with Crippen molar-refractivity contribution in [1.29, 1.82) is 0 Å². The molecule has 2 aromatic rings. The summed E-state index contributed by atoms with van der Waals surface area (Å²) in [5.41, 5.74) is 2.37. The molecule has 3 rings (SSSR count). The lowest BCUT2D eigenvalue weighted by molar-refractivity contribution is -0.133. The van der Waals surface area contributed by atoms with Gasteiger partial charge in [-0.25, -0.2) is 0 Å². The first-order chi connectivity index (χ1) is 14.0. The highest BCUT2D eigenvalue weighted by molar-refractivity contribution is 7.12. The Morgan fingerprint density at radius 2 is 1.83 bits per heavy atom. The Bertz CT molecular complexity index is 813. The Labute approximate surface area is 177 Å². The molecule has 6 heteroatoms. The summed E-state index contributed by atoms with van der Waals surface area (Å²) in [6.07, 6.45) is 3.72. The minimum atomic E-state index is -0.545. The van der Waals surface area contributed by atoms with Crippen LogP contribution in [0.15, 0.2) is 41.8 Å². The van der Waals surface area contributed by atoms with Crippen LogP contribution in [0.1, 0.15) is 48.3 Å². The number of para-hydroxylation sites is 1. The van der Waals surface area contributed by atoms with Gasteiger partial charge in [-0.15, -0.1) is 11.3 Å². The maximum atomic E-state index is 13.2. The molecule has 156 valence electrons. The molecule has 1 aliphatic heterocycles. The van der Waals surface area contributed by atoms with Gasteiger partial charge < -0.3 is 15.1 Å². The number of carbonyl (C=O) groups excluding carboxylic acids is 2. The van der Waals surface area contributed by atoms with Crippen LogP contribution in [0.2, 0.25) is 0 Å². The third kappa shape index (κ3) is 5.38. The summed E-state index contributed by atoms with van der Waals surface area (Å²) in [6.45, 7) is 6.60. The van der Waals surface area contributed by atoms with E-state index >= 15 is 0 Å². The monoisotopic (exact) mass is 413 g/mol. The zero-order valence-electron chi connectivity index (χ0n) is 17.6. The zero-order valence-corrected chi connectivity index (χ0v) is 18.4. The molecule has 1 saturated heterocycles. The fraction of sp³-hybridized carbons (Fsp3) is 0.478. The quantitative estimate of drug-likeness (QED) is 0.742. The van der Waals surface area contributed by atoms with Gasteiger partial charge in [-0.05, 0) is 48.3 Å². The second kappa shape index (κ2) is 9.92. The number of anilines is 1. The van der Waals surface area contributed by atoms with Crippen LogP contribution < -0.4 is 10.2 Å². The van der Waals surface area contributed by atoms with Crippen LogP contribution in [0, 0.1) is 5.92 Å². The van der Waals surface area contributed by atoms with Gasteiger partial charge in [-0.2, -0.15) is 0 Å². The van der Waals surface area contributed by atoms with Crippen molar-refractivity contribution in [2.45, 2.75) is 45.7 Å². The van der Waals surface area contributed by atoms with E-state index in [4.69, 9.17) is 0 Å². The van der Waals surface area contributed by atoms with Crippen molar-refractivity contribution in [3.05, 3.63) is 52.2 Å². The van der Waals surface area contributed by atoms with Crippen molar-refractivity contribution in [2.75, 3.05) is 25.0 Å². The third-order valence-electron chi connectivity index (χ3n) is 5.44. The lowest BCUT2D eigenvalue weighted by Crippen LogP contribution is -2.50. The molecule has 29 heavy (non-hydrogen) atoms. The Kier molecular flexibility index (Phi) is 7.31. The summed E-state index contributed by atoms with van der Waals surface area (Å²) >= 11 is 1.38. The Balaban J connectivity index is 1.71. The maximum Gasteiger partial charge on any atom is 0.262 e. The molecule has 0 bridgehead atoms. The molecule has 0 spiro atoms. The summed E-state index contributed by atoms with van der Waals surface area (Å²) in [4.78, 5) is 30.5. The van der Waals surface area contributed by atoms with Crippen LogP contribution in [-0.2, 0) is 11.3 Å². The number of benzene rings is 1. The maximum absolute atomic E-state index is 13.2. The van der Waals surface area contributed by atoms with Crippen molar-refractivity contribution in [1.82, 2.24) is 10.2 Å². The van der Waals surface area contributed by atoms with E-state index in [0.717, 1.165) is 18.7 Å². The van der Waals surface area contributed by atoms with Crippen molar-refractivity contribution in [3.63, 3.8) is 0 Å². The van der Waals surface area contributed by atoms with Gasteiger partial charge >= 0.3 is 0 Å². The largest absolute Gasteiger partial charge is 0.371 e. The normalized spacial score (nSPS) is 15.2. The summed E-state index contributed by atoms with van der Waals surface area (Å²) < 4.78 is 0. The molecular formula is C23H31N3O2S. The number of carbonyl (C=O) groups is 2. The molecule has 1 atom stereocenters. The molecule has 1 unspecified atom stereocenters. The lowest BCUT2D eigenvalue weighted by atomic mass is 10.0. The molecule has 2 heterocycles. The van der Waals surface area contributed by atoms with Gasteiger partial charge in [0, 0.05) is 32.4 Å². The van der Waals surface area contributed by atoms with Crippen molar-refractivity contribution < 1.29 is 9.59 Å². The predicted molar refractivity (Wildman–Crippen MR) is 119 cm³/mol. The number of nitrogens with one attached hydrogen (secondary N) is 1. The average molecular weight is 414 g/mol. The Hall–Kier alpha value is -2.34. The molecule has 2 amide bonds. The van der Waals surface area contributed by atoms with Gasteiger partial charge in [0.2, 0.25) is 5.91 Å². The minimum absolute atomic E-state index is 0.00574. The van der Waals surface area contributed by atoms with Crippen LogP contribution >= 0.6 is 11.3 Å². The topological polar surface area (TPSA) is 52.7 Å². The van der Waals surface area contributed by atoms with E-state index in [-0.39, 0.29) is 17.7 Å². The highest BCUT2D eigenvalue weighted by Crippen LogP contribution is 2.25. The zero-order chi connectivity index (χ0) is 20.8. The summed E-state index contributed by atoms with van der Waals surface area (Å²) in [7, 11) is 1.82. The SMILES string of the molecule is CC(C)C(NC(=O)c1cccs1)C(=O)N(C)Cc1ccccc1N1CCCCC1. The number of amides is 2. The molecule has 1 N–H and O–H groups in total. The van der Waals surface area contributed by atoms with Crippen LogP contribution in [0.25, 0.3) is 0 Å². The molecular weight excluding hydrogens is 382 g/mol. The van der Waals surface area contributed by atoms with Crippen molar-refractivity contribution >= 4 is 28.8 Å². The van der Waals surface area contributed by atoms with E-state index in [1.807, 2.05) is 38.4 Å². The summed E-state index contributed by atoms with van der Waals surface area (Å²) in [6, 6.07) is 11.4. The fourth-order valence-electron chi connectivity index (χ4n) is 3.79. The van der Waals surface area contributed by atoms with Crippen molar-refractivity contribution in [3.8, 4) is 0 Å². The standard InChI is InChI=1S/C23H31N3O2S/c1-17(2)21(24-22(27)20-12-9-15-29-20)23(28)25(3)16-18-10-5-6-11-19(18)26-13-7-4-8-14-26/h5-6,9-12,15,17,21H,4,7-8,13-14,16H2,1-3H3,(H,24,27). The first kappa shape index (κ1) is 21.4. The highest BCUT2D eigenvalue weighted by atomic mass is 32.1. The van der Waals surface area contributed by atoms with Crippen molar-refractivity contribution in [2.24, 2.45) is 5.92 Å². The molecule has 0 radical (unpaired) electrons. The van der Waals surface area contributed by atoms with Gasteiger partial charge in [0.05, 0.1) is 4.88 Å². The van der Waals surface area contributed by atoms with E-state index in [0.29, 0.717) is 11.4 Å². The molecule has 0 saturated carbocycles. The van der Waals surface area contributed by atoms with Gasteiger partial charge in [-0.3, -0.25) is 9.59 Å². The number of hydrogen-bond acceptors (Lipinski definition) is 4. The summed E-state index contributed by atoms with van der Waals surface area (Å²) in [5, 5.41) is 4.80. The van der Waals surface area contributed by atoms with Gasteiger partial charge in [-0.1, -0.05) is 38.1 Å². The number of likely N-dealkylation sites (N-methyl/N-ethyl adjacent to an activating group) is 1. The summed E-state index contributed by atoms with van der Waals surface area (Å²) in [5.74, 6) is -0.237. The molecule has 1 aliphatic rings. The molecule has 5 nitrogen and oxygen atoms in total. The number of piperidine rings is 1. The fourth-order valence-corrected chi connectivity index (χ4v) is 4.42. The predicted octanol–water partition coefficient (Wildman–Crippen LogP) is 4.15. The minimum Gasteiger partial charge on any atom is -0.371 e. The second-order valence-corrected chi connectivity index (χ2v) is 8.99. The molecule has 1 aromatic carbocycles. The van der Waals surface area contributed by atoms with Crippen LogP contribution in [0.4, 0.5) is 5.69 Å². The van der Waals surface area contributed by atoms with E-state index in [9.17, 15) is 9.59 Å².